The number of anilines is 1. The molecule has 0 atom stereocenters. The zero-order valence-corrected chi connectivity index (χ0v) is 23.6. The minimum atomic E-state index is -0.591. The maximum absolute atomic E-state index is 13.5. The maximum atomic E-state index is 13.5. The van der Waals surface area contributed by atoms with Gasteiger partial charge in [0.2, 0.25) is 0 Å². The summed E-state index contributed by atoms with van der Waals surface area (Å²) in [6.45, 7) is 3.18. The van der Waals surface area contributed by atoms with Crippen LogP contribution < -0.4 is 24.4 Å². The van der Waals surface area contributed by atoms with Gasteiger partial charge < -0.3 is 28.4 Å². The molecule has 1 fully saturated rings. The Labute approximate surface area is 248 Å². The number of para-hydroxylation sites is 1. The normalized spacial score (nSPS) is 18.1. The Morgan fingerprint density at radius 3 is 1.98 bits per heavy atom. The summed E-state index contributed by atoms with van der Waals surface area (Å²) in [6, 6.07) is 21.4. The number of hydrogen-bond donors (Lipinski definition) is 1. The molecule has 3 aromatic carbocycles. The molecular weight excluding hydrogens is 560 g/mol. The monoisotopic (exact) mass is 590 g/mol. The van der Waals surface area contributed by atoms with Crippen LogP contribution in [0.3, 0.4) is 0 Å². The highest BCUT2D eigenvalue weighted by Crippen LogP contribution is 2.31. The summed E-state index contributed by atoms with van der Waals surface area (Å²) in [5.41, 5.74) is 0.974. The van der Waals surface area contributed by atoms with Gasteiger partial charge in [0.25, 0.3) is 11.8 Å². The van der Waals surface area contributed by atoms with Crippen molar-refractivity contribution in [2.45, 2.75) is 0 Å². The van der Waals surface area contributed by atoms with Gasteiger partial charge in [0.15, 0.2) is 16.6 Å². The van der Waals surface area contributed by atoms with Gasteiger partial charge in [0, 0.05) is 0 Å². The molecule has 2 aliphatic heterocycles. The van der Waals surface area contributed by atoms with Gasteiger partial charge in [0.1, 0.15) is 30.3 Å². The van der Waals surface area contributed by atoms with Gasteiger partial charge >= 0.3 is 0 Å². The summed E-state index contributed by atoms with van der Waals surface area (Å²) in [7, 11) is 0. The van der Waals surface area contributed by atoms with E-state index in [1.165, 1.54) is 11.0 Å². The van der Waals surface area contributed by atoms with Crippen molar-refractivity contribution in [3.05, 3.63) is 83.9 Å². The summed E-state index contributed by atoms with van der Waals surface area (Å²) >= 11 is 5.35. The largest absolute Gasteiger partial charge is 0.487 e. The van der Waals surface area contributed by atoms with Crippen LogP contribution in [0.5, 0.6) is 23.0 Å². The molecule has 218 valence electrons. The number of carbonyl (C=O) groups excluding carboxylic acids is 2. The van der Waals surface area contributed by atoms with Gasteiger partial charge in [-0.05, 0) is 72.4 Å². The van der Waals surface area contributed by atoms with Crippen molar-refractivity contribution >= 4 is 40.9 Å². The standard InChI is InChI=1S/C31H30N2O8S/c34-29-26(20-22-6-11-27-28(21-22)40-19-17-38-15-13-36-12-14-37-16-18-39-27)30(35)33(31(42)32-29)23-7-9-25(10-8-23)41-24-4-2-1-3-5-24/h1-11,20-21H,12-19H2,(H,32,34,42)/b26-20+. The Hall–Kier alpha value is -4.29. The van der Waals surface area contributed by atoms with E-state index in [1.54, 1.807) is 42.5 Å². The molecule has 11 heteroatoms. The Kier molecular flexibility index (Phi) is 10.1. The van der Waals surface area contributed by atoms with Crippen molar-refractivity contribution in [3.8, 4) is 23.0 Å². The first-order valence-corrected chi connectivity index (χ1v) is 13.9. The Bertz CT molecular complexity index is 1430. The molecule has 0 spiro atoms. The van der Waals surface area contributed by atoms with Crippen molar-refractivity contribution in [1.82, 2.24) is 5.32 Å². The number of nitrogens with one attached hydrogen (secondary N) is 1. The number of hydrogen-bond acceptors (Lipinski definition) is 9. The highest BCUT2D eigenvalue weighted by molar-refractivity contribution is 7.80. The van der Waals surface area contributed by atoms with E-state index in [-0.39, 0.29) is 17.3 Å². The molecule has 0 bridgehead atoms. The van der Waals surface area contributed by atoms with Gasteiger partial charge in [-0.3, -0.25) is 19.8 Å². The number of benzene rings is 3. The second kappa shape index (κ2) is 14.6. The van der Waals surface area contributed by atoms with Crippen LogP contribution in [-0.4, -0.2) is 69.8 Å². The van der Waals surface area contributed by atoms with Crippen LogP contribution in [0.2, 0.25) is 0 Å². The van der Waals surface area contributed by atoms with Gasteiger partial charge in [-0.25, -0.2) is 0 Å². The zero-order valence-electron chi connectivity index (χ0n) is 22.8. The number of thiocarbonyl (C=S) groups is 1. The lowest BCUT2D eigenvalue weighted by Gasteiger charge is -2.29. The third-order valence-electron chi connectivity index (χ3n) is 6.17. The van der Waals surface area contributed by atoms with Gasteiger partial charge in [-0.2, -0.15) is 0 Å². The fourth-order valence-corrected chi connectivity index (χ4v) is 4.44. The van der Waals surface area contributed by atoms with Crippen molar-refractivity contribution in [3.63, 3.8) is 0 Å². The highest BCUT2D eigenvalue weighted by Gasteiger charge is 2.34. The summed E-state index contributed by atoms with van der Waals surface area (Å²) < 4.78 is 34.1. The molecule has 42 heavy (non-hydrogen) atoms. The number of carbonyl (C=O) groups is 2. The Morgan fingerprint density at radius 2 is 1.31 bits per heavy atom. The minimum Gasteiger partial charge on any atom is -0.487 e. The molecule has 0 radical (unpaired) electrons. The molecule has 2 aliphatic rings. The maximum Gasteiger partial charge on any atom is 0.270 e. The molecule has 0 aromatic heterocycles. The summed E-state index contributed by atoms with van der Waals surface area (Å²) in [5, 5.41) is 2.60. The van der Waals surface area contributed by atoms with E-state index in [2.05, 4.69) is 5.32 Å². The van der Waals surface area contributed by atoms with E-state index in [4.69, 9.17) is 40.6 Å². The predicted octanol–water partition coefficient (Wildman–Crippen LogP) is 4.13. The van der Waals surface area contributed by atoms with Crippen LogP contribution in [0.4, 0.5) is 5.69 Å². The van der Waals surface area contributed by atoms with E-state index in [0.29, 0.717) is 80.5 Å². The van der Waals surface area contributed by atoms with Gasteiger partial charge in [-0.1, -0.05) is 24.3 Å². The molecule has 0 unspecified atom stereocenters. The number of fused-ring (bicyclic) bond motifs is 1. The third kappa shape index (κ3) is 7.71. The lowest BCUT2D eigenvalue weighted by atomic mass is 10.1. The Balaban J connectivity index is 1.34. The molecule has 1 saturated heterocycles. The van der Waals surface area contributed by atoms with Crippen LogP contribution in [0.15, 0.2) is 78.4 Å². The van der Waals surface area contributed by atoms with E-state index >= 15 is 0 Å². The van der Waals surface area contributed by atoms with E-state index in [0.717, 1.165) is 0 Å². The minimum absolute atomic E-state index is 0.0109. The molecule has 2 amide bonds. The van der Waals surface area contributed by atoms with Crippen LogP contribution in [0.1, 0.15) is 5.56 Å². The van der Waals surface area contributed by atoms with Gasteiger partial charge in [0.05, 0.1) is 45.3 Å². The lowest BCUT2D eigenvalue weighted by molar-refractivity contribution is -0.122. The average molecular weight is 591 g/mol. The number of rotatable bonds is 4. The second-order valence-corrected chi connectivity index (χ2v) is 9.49. The van der Waals surface area contributed by atoms with Crippen LogP contribution >= 0.6 is 12.2 Å². The number of ether oxygens (including phenoxy) is 6. The third-order valence-corrected chi connectivity index (χ3v) is 6.45. The predicted molar refractivity (Wildman–Crippen MR) is 159 cm³/mol. The van der Waals surface area contributed by atoms with E-state index in [9.17, 15) is 9.59 Å². The van der Waals surface area contributed by atoms with Gasteiger partial charge in [-0.15, -0.1) is 0 Å². The number of amides is 2. The van der Waals surface area contributed by atoms with Crippen molar-refractivity contribution in [2.24, 2.45) is 0 Å². The highest BCUT2D eigenvalue weighted by atomic mass is 32.1. The van der Waals surface area contributed by atoms with Crippen LogP contribution in [-0.2, 0) is 23.8 Å². The molecule has 2 heterocycles. The fraction of sp³-hybridized carbons (Fsp3) is 0.258. The van der Waals surface area contributed by atoms with Crippen LogP contribution in [0.25, 0.3) is 6.08 Å². The lowest BCUT2D eigenvalue weighted by Crippen LogP contribution is -2.54. The first-order valence-electron chi connectivity index (χ1n) is 13.5. The molecule has 5 rings (SSSR count). The summed E-state index contributed by atoms with van der Waals surface area (Å²) in [6.07, 6.45) is 1.50. The SMILES string of the molecule is O=C1NC(=S)N(c2ccc(Oc3ccccc3)cc2)C(=O)/C1=C/c1ccc2c(c1)OCCOCCOCCOCCO2. The van der Waals surface area contributed by atoms with E-state index in [1.807, 2.05) is 30.3 Å². The Morgan fingerprint density at radius 1 is 0.714 bits per heavy atom. The summed E-state index contributed by atoms with van der Waals surface area (Å²) in [4.78, 5) is 27.7. The topological polar surface area (TPSA) is 105 Å². The summed E-state index contributed by atoms with van der Waals surface area (Å²) in [5.74, 6) is 1.09. The van der Waals surface area contributed by atoms with E-state index < -0.39 is 11.8 Å². The molecule has 0 aliphatic carbocycles. The molecule has 3 aromatic rings. The zero-order chi connectivity index (χ0) is 29.1. The van der Waals surface area contributed by atoms with Crippen LogP contribution in [0, 0.1) is 0 Å². The quantitative estimate of drug-likeness (QED) is 0.273. The number of nitrogens with zero attached hydrogens (tertiary/aromatic N) is 1. The first-order chi connectivity index (χ1) is 20.6. The van der Waals surface area contributed by atoms with Crippen molar-refractivity contribution < 1.29 is 38.0 Å². The first kappa shape index (κ1) is 29.2. The molecule has 0 saturated carbocycles. The average Bonchev–Trinajstić information content (AvgIpc) is 3.00. The smallest absolute Gasteiger partial charge is 0.270 e. The molecular formula is C31H30N2O8S. The fourth-order valence-electron chi connectivity index (χ4n) is 4.16. The molecule has 10 nitrogen and oxygen atoms in total. The second-order valence-electron chi connectivity index (χ2n) is 9.11. The van der Waals surface area contributed by atoms with Crippen molar-refractivity contribution in [1.29, 1.82) is 0 Å². The van der Waals surface area contributed by atoms with Crippen molar-refractivity contribution in [2.75, 3.05) is 57.8 Å². The molecule has 1 N–H and O–H groups in total.